The lowest BCUT2D eigenvalue weighted by molar-refractivity contribution is -0.122. The molecule has 2 aromatic heterocycles. The van der Waals surface area contributed by atoms with Crippen LogP contribution in [-0.4, -0.2) is 27.0 Å². The third-order valence-corrected chi connectivity index (χ3v) is 6.92. The average molecular weight is 503 g/mol. The fourth-order valence-corrected chi connectivity index (χ4v) is 5.12. The van der Waals surface area contributed by atoms with Crippen molar-refractivity contribution in [1.82, 2.24) is 14.5 Å². The van der Waals surface area contributed by atoms with Gasteiger partial charge in [0, 0.05) is 17.1 Å². The fraction of sp³-hybridized carbons (Fsp3) is 0.357. The number of anilines is 1. The number of para-hydroxylation sites is 2. The third kappa shape index (κ3) is 4.81. The fourth-order valence-electron chi connectivity index (χ4n) is 5.12. The van der Waals surface area contributed by atoms with E-state index in [-0.39, 0.29) is 29.6 Å². The number of nitrogens with zero attached hydrogens (tertiary/aromatic N) is 2. The molecule has 1 fully saturated rings. The highest BCUT2D eigenvalue weighted by Crippen LogP contribution is 2.26. The second kappa shape index (κ2) is 10.1. The summed E-state index contributed by atoms with van der Waals surface area (Å²) in [5.41, 5.74) is 0.790. The number of amides is 2. The molecule has 9 heteroatoms. The van der Waals surface area contributed by atoms with Crippen LogP contribution in [0.25, 0.3) is 22.1 Å². The van der Waals surface area contributed by atoms with Crippen LogP contribution in [0, 0.1) is 0 Å². The standard InChI is InChI=1S/C28H30N4O5/c1-17(2)19-11-5-7-13-21(19)30-24(34)15-31-25-20-12-6-8-14-22(20)37-26(25)27(35)32(28(31)36)16-23(33)29-18-9-3-4-10-18/h5-8,11-14,17-18H,3-4,9-10,15-16H2,1-2H3,(H,29,33)(H,30,34). The Hall–Kier alpha value is -4.14. The molecule has 5 rings (SSSR count). The molecule has 1 aliphatic carbocycles. The maximum absolute atomic E-state index is 13.6. The molecule has 2 amide bonds. The molecule has 0 bridgehead atoms. The maximum atomic E-state index is 13.6. The van der Waals surface area contributed by atoms with Gasteiger partial charge in [-0.3, -0.25) is 19.0 Å². The van der Waals surface area contributed by atoms with E-state index in [1.807, 2.05) is 38.1 Å². The van der Waals surface area contributed by atoms with Gasteiger partial charge in [0.25, 0.3) is 5.56 Å². The Morgan fingerprint density at radius 3 is 2.38 bits per heavy atom. The van der Waals surface area contributed by atoms with Crippen LogP contribution in [0.3, 0.4) is 0 Å². The van der Waals surface area contributed by atoms with Crippen LogP contribution < -0.4 is 21.9 Å². The van der Waals surface area contributed by atoms with E-state index in [2.05, 4.69) is 10.6 Å². The molecule has 2 N–H and O–H groups in total. The average Bonchev–Trinajstić information content (AvgIpc) is 3.52. The first-order valence-electron chi connectivity index (χ1n) is 12.7. The number of aromatic nitrogens is 2. The molecule has 2 heterocycles. The van der Waals surface area contributed by atoms with E-state index >= 15 is 0 Å². The summed E-state index contributed by atoms with van der Waals surface area (Å²) >= 11 is 0. The zero-order chi connectivity index (χ0) is 26.1. The molecule has 1 aliphatic rings. The van der Waals surface area contributed by atoms with Crippen molar-refractivity contribution in [3.05, 3.63) is 74.9 Å². The summed E-state index contributed by atoms with van der Waals surface area (Å²) in [5.74, 6) is -0.658. The van der Waals surface area contributed by atoms with E-state index in [0.717, 1.165) is 35.8 Å². The van der Waals surface area contributed by atoms with Crippen molar-refractivity contribution < 1.29 is 14.0 Å². The highest BCUT2D eigenvalue weighted by Gasteiger charge is 2.24. The first-order valence-corrected chi connectivity index (χ1v) is 12.7. The number of carbonyl (C=O) groups is 2. The molecule has 0 saturated heterocycles. The van der Waals surface area contributed by atoms with Crippen LogP contribution >= 0.6 is 0 Å². The second-order valence-corrected chi connectivity index (χ2v) is 9.87. The van der Waals surface area contributed by atoms with Crippen LogP contribution in [0.5, 0.6) is 0 Å². The molecule has 37 heavy (non-hydrogen) atoms. The SMILES string of the molecule is CC(C)c1ccccc1NC(=O)Cn1c(=O)n(CC(=O)NC2CCCC2)c(=O)c2oc3ccccc3c21. The van der Waals surface area contributed by atoms with Gasteiger partial charge in [0.1, 0.15) is 24.2 Å². The number of fused-ring (bicyclic) bond motifs is 3. The predicted octanol–water partition coefficient (Wildman–Crippen LogP) is 3.73. The van der Waals surface area contributed by atoms with Crippen molar-refractivity contribution in [1.29, 1.82) is 0 Å². The normalized spacial score (nSPS) is 14.0. The van der Waals surface area contributed by atoms with Gasteiger partial charge >= 0.3 is 5.69 Å². The number of carbonyl (C=O) groups excluding carboxylic acids is 2. The summed E-state index contributed by atoms with van der Waals surface area (Å²) < 4.78 is 7.90. The van der Waals surface area contributed by atoms with Crippen molar-refractivity contribution in [3.8, 4) is 0 Å². The van der Waals surface area contributed by atoms with Gasteiger partial charge in [0.15, 0.2) is 0 Å². The number of nitrogens with one attached hydrogen (secondary N) is 2. The van der Waals surface area contributed by atoms with Gasteiger partial charge in [-0.15, -0.1) is 0 Å². The minimum Gasteiger partial charge on any atom is -0.449 e. The van der Waals surface area contributed by atoms with E-state index in [0.29, 0.717) is 16.7 Å². The van der Waals surface area contributed by atoms with Crippen LogP contribution in [-0.2, 0) is 22.7 Å². The number of hydrogen-bond donors (Lipinski definition) is 2. The Morgan fingerprint density at radius 1 is 0.946 bits per heavy atom. The van der Waals surface area contributed by atoms with E-state index in [1.54, 1.807) is 24.3 Å². The molecule has 4 aromatic rings. The van der Waals surface area contributed by atoms with Crippen LogP contribution in [0.15, 0.2) is 62.5 Å². The van der Waals surface area contributed by atoms with Gasteiger partial charge in [-0.25, -0.2) is 9.36 Å². The van der Waals surface area contributed by atoms with Crippen molar-refractivity contribution in [3.63, 3.8) is 0 Å². The molecule has 192 valence electrons. The number of benzene rings is 2. The third-order valence-electron chi connectivity index (χ3n) is 6.92. The first kappa shape index (κ1) is 24.5. The van der Waals surface area contributed by atoms with E-state index < -0.39 is 29.6 Å². The lowest BCUT2D eigenvalue weighted by atomic mass is 10.0. The highest BCUT2D eigenvalue weighted by atomic mass is 16.3. The molecule has 0 radical (unpaired) electrons. The van der Waals surface area contributed by atoms with Crippen molar-refractivity contribution in [2.75, 3.05) is 5.32 Å². The van der Waals surface area contributed by atoms with E-state index in [9.17, 15) is 19.2 Å². The molecule has 2 aromatic carbocycles. The predicted molar refractivity (Wildman–Crippen MR) is 142 cm³/mol. The van der Waals surface area contributed by atoms with Gasteiger partial charge < -0.3 is 15.1 Å². The molecule has 0 spiro atoms. The topological polar surface area (TPSA) is 115 Å². The lowest BCUT2D eigenvalue weighted by Crippen LogP contribution is -2.46. The van der Waals surface area contributed by atoms with Crippen LogP contribution in [0.2, 0.25) is 0 Å². The van der Waals surface area contributed by atoms with Gasteiger partial charge in [-0.05, 0) is 42.5 Å². The van der Waals surface area contributed by atoms with Gasteiger partial charge in [0.05, 0.1) is 0 Å². The zero-order valence-corrected chi connectivity index (χ0v) is 21.0. The zero-order valence-electron chi connectivity index (χ0n) is 21.0. The van der Waals surface area contributed by atoms with E-state index in [4.69, 9.17) is 4.42 Å². The summed E-state index contributed by atoms with van der Waals surface area (Å²) in [6.07, 6.45) is 3.84. The summed E-state index contributed by atoms with van der Waals surface area (Å²) in [6, 6.07) is 14.5. The molecular weight excluding hydrogens is 472 g/mol. The molecular formula is C28H30N4O5. The van der Waals surface area contributed by atoms with Crippen LogP contribution in [0.4, 0.5) is 5.69 Å². The lowest BCUT2D eigenvalue weighted by Gasteiger charge is -2.16. The molecule has 9 nitrogen and oxygen atoms in total. The highest BCUT2D eigenvalue weighted by molar-refractivity contribution is 6.03. The Morgan fingerprint density at radius 2 is 1.62 bits per heavy atom. The van der Waals surface area contributed by atoms with Crippen molar-refractivity contribution >= 4 is 39.6 Å². The minimum absolute atomic E-state index is 0.0483. The number of rotatable bonds is 7. The number of furan rings is 1. The quantitative estimate of drug-likeness (QED) is 0.400. The van der Waals surface area contributed by atoms with E-state index in [1.165, 1.54) is 4.57 Å². The van der Waals surface area contributed by atoms with Crippen molar-refractivity contribution in [2.24, 2.45) is 0 Å². The molecule has 1 saturated carbocycles. The van der Waals surface area contributed by atoms with Gasteiger partial charge in [-0.1, -0.05) is 57.0 Å². The largest absolute Gasteiger partial charge is 0.449 e. The Labute approximate surface area is 213 Å². The van der Waals surface area contributed by atoms with Gasteiger partial charge in [-0.2, -0.15) is 0 Å². The van der Waals surface area contributed by atoms with Crippen molar-refractivity contribution in [2.45, 2.75) is 64.6 Å². The summed E-state index contributed by atoms with van der Waals surface area (Å²) in [4.78, 5) is 52.8. The number of hydrogen-bond acceptors (Lipinski definition) is 5. The second-order valence-electron chi connectivity index (χ2n) is 9.87. The Bertz CT molecular complexity index is 1600. The molecule has 0 unspecified atom stereocenters. The summed E-state index contributed by atoms with van der Waals surface area (Å²) in [6.45, 7) is 3.26. The van der Waals surface area contributed by atoms with Crippen LogP contribution in [0.1, 0.15) is 51.0 Å². The summed E-state index contributed by atoms with van der Waals surface area (Å²) in [7, 11) is 0. The Balaban J connectivity index is 1.56. The molecule has 0 aliphatic heterocycles. The minimum atomic E-state index is -0.738. The molecule has 0 atom stereocenters. The smallest absolute Gasteiger partial charge is 0.332 e. The first-order chi connectivity index (χ1) is 17.8. The maximum Gasteiger partial charge on any atom is 0.332 e. The summed E-state index contributed by atoms with van der Waals surface area (Å²) in [5, 5.41) is 6.36. The van der Waals surface area contributed by atoms with Gasteiger partial charge in [0.2, 0.25) is 17.4 Å². The Kier molecular flexibility index (Phi) is 6.69. The monoisotopic (exact) mass is 502 g/mol.